The van der Waals surface area contributed by atoms with Crippen molar-refractivity contribution in [2.24, 2.45) is 5.92 Å². The molecule has 5 nitrogen and oxygen atoms in total. The van der Waals surface area contributed by atoms with E-state index in [0.29, 0.717) is 5.92 Å². The highest BCUT2D eigenvalue weighted by Gasteiger charge is 2.25. The molecule has 3 heterocycles. The number of allylic oxidation sites excluding steroid dienone is 2. The van der Waals surface area contributed by atoms with Crippen LogP contribution in [0.15, 0.2) is 47.5 Å². The van der Waals surface area contributed by atoms with E-state index in [-0.39, 0.29) is 5.56 Å². The molecule has 0 spiro atoms. The fourth-order valence-electron chi connectivity index (χ4n) is 4.17. The van der Waals surface area contributed by atoms with Crippen molar-refractivity contribution in [2.75, 3.05) is 19.6 Å². The van der Waals surface area contributed by atoms with Crippen LogP contribution in [-0.2, 0) is 0 Å². The van der Waals surface area contributed by atoms with Crippen LogP contribution >= 0.6 is 0 Å². The average molecular weight is 350 g/mol. The molecule has 2 unspecified atom stereocenters. The number of piperidine rings is 1. The van der Waals surface area contributed by atoms with Gasteiger partial charge in [-0.15, -0.1) is 0 Å². The minimum absolute atomic E-state index is 0.0728. The molecule has 1 aliphatic carbocycles. The van der Waals surface area contributed by atoms with Gasteiger partial charge in [0.05, 0.1) is 5.69 Å². The van der Waals surface area contributed by atoms with Crippen molar-refractivity contribution in [3.05, 3.63) is 58.9 Å². The average Bonchev–Trinajstić information content (AvgIpc) is 2.69. The zero-order chi connectivity index (χ0) is 17.8. The van der Waals surface area contributed by atoms with Gasteiger partial charge in [-0.25, -0.2) is 4.98 Å². The molecule has 0 bridgehead atoms. The highest BCUT2D eigenvalue weighted by atomic mass is 16.1. The van der Waals surface area contributed by atoms with E-state index in [0.717, 1.165) is 55.5 Å². The van der Waals surface area contributed by atoms with Gasteiger partial charge < -0.3 is 9.88 Å². The van der Waals surface area contributed by atoms with Crippen LogP contribution in [-0.4, -0.2) is 39.5 Å². The molecule has 2 aromatic rings. The number of hydrogen-bond donors (Lipinski definition) is 1. The predicted octanol–water partition coefficient (Wildman–Crippen LogP) is 3.37. The Hall–Kier alpha value is -2.27. The highest BCUT2D eigenvalue weighted by molar-refractivity contribution is 5.57. The number of aromatic amines is 1. The van der Waals surface area contributed by atoms with E-state index in [2.05, 4.69) is 27.0 Å². The van der Waals surface area contributed by atoms with Gasteiger partial charge in [0.2, 0.25) is 0 Å². The Morgan fingerprint density at radius 2 is 2.08 bits per heavy atom. The lowest BCUT2D eigenvalue weighted by molar-refractivity contribution is 0.171. The van der Waals surface area contributed by atoms with E-state index in [9.17, 15) is 4.79 Å². The Morgan fingerprint density at radius 3 is 2.88 bits per heavy atom. The summed E-state index contributed by atoms with van der Waals surface area (Å²) in [5.74, 6) is 1.91. The van der Waals surface area contributed by atoms with Crippen molar-refractivity contribution in [2.45, 2.75) is 38.0 Å². The summed E-state index contributed by atoms with van der Waals surface area (Å²) >= 11 is 0. The largest absolute Gasteiger partial charge is 0.310 e. The summed E-state index contributed by atoms with van der Waals surface area (Å²) in [4.78, 5) is 26.6. The predicted molar refractivity (Wildman–Crippen MR) is 103 cm³/mol. The van der Waals surface area contributed by atoms with Crippen LogP contribution in [0.4, 0.5) is 0 Å². The number of hydrogen-bond acceptors (Lipinski definition) is 4. The Bertz CT molecular complexity index is 814. The number of pyridine rings is 1. The molecule has 5 heteroatoms. The second-order valence-electron chi connectivity index (χ2n) is 7.50. The smallest absolute Gasteiger partial charge is 0.251 e. The molecule has 1 N–H and O–H groups in total. The highest BCUT2D eigenvalue weighted by Crippen LogP contribution is 2.27. The van der Waals surface area contributed by atoms with Crippen LogP contribution in [0.25, 0.3) is 11.3 Å². The summed E-state index contributed by atoms with van der Waals surface area (Å²) < 4.78 is 0. The van der Waals surface area contributed by atoms with E-state index >= 15 is 0 Å². The van der Waals surface area contributed by atoms with E-state index in [1.807, 2.05) is 12.1 Å². The van der Waals surface area contributed by atoms with Crippen molar-refractivity contribution in [1.29, 1.82) is 0 Å². The molecule has 0 saturated carbocycles. The first kappa shape index (κ1) is 17.2. The zero-order valence-corrected chi connectivity index (χ0v) is 15.1. The van der Waals surface area contributed by atoms with E-state index in [1.165, 1.54) is 19.3 Å². The van der Waals surface area contributed by atoms with Crippen LogP contribution in [0.2, 0.25) is 0 Å². The summed E-state index contributed by atoms with van der Waals surface area (Å²) in [7, 11) is 0. The third kappa shape index (κ3) is 4.10. The van der Waals surface area contributed by atoms with Crippen molar-refractivity contribution in [3.63, 3.8) is 0 Å². The third-order valence-corrected chi connectivity index (χ3v) is 5.52. The van der Waals surface area contributed by atoms with Gasteiger partial charge in [-0.1, -0.05) is 12.2 Å². The quantitative estimate of drug-likeness (QED) is 0.859. The lowest BCUT2D eigenvalue weighted by Crippen LogP contribution is -2.38. The summed E-state index contributed by atoms with van der Waals surface area (Å²) in [6.45, 7) is 3.31. The van der Waals surface area contributed by atoms with Gasteiger partial charge >= 0.3 is 0 Å². The number of H-pyrrole nitrogens is 1. The minimum Gasteiger partial charge on any atom is -0.310 e. The second-order valence-corrected chi connectivity index (χ2v) is 7.50. The Kier molecular flexibility index (Phi) is 5.25. The molecular formula is C21H26N4O. The molecule has 0 radical (unpaired) electrons. The maximum atomic E-state index is 12.2. The lowest BCUT2D eigenvalue weighted by atomic mass is 9.91. The first-order valence-electron chi connectivity index (χ1n) is 9.67. The number of likely N-dealkylation sites (tertiary alicyclic amines) is 1. The molecule has 4 rings (SSSR count). The van der Waals surface area contributed by atoms with Crippen molar-refractivity contribution < 1.29 is 0 Å². The Labute approximate surface area is 154 Å². The summed E-state index contributed by atoms with van der Waals surface area (Å²) in [6, 6.07) is 5.37. The first-order valence-corrected chi connectivity index (χ1v) is 9.67. The molecule has 136 valence electrons. The van der Waals surface area contributed by atoms with Gasteiger partial charge in [0, 0.05) is 43.0 Å². The number of nitrogens with zero attached hydrogens (tertiary/aromatic N) is 3. The van der Waals surface area contributed by atoms with E-state index in [4.69, 9.17) is 4.98 Å². The molecular weight excluding hydrogens is 324 g/mol. The lowest BCUT2D eigenvalue weighted by Gasteiger charge is -2.35. The Balaban J connectivity index is 1.50. The van der Waals surface area contributed by atoms with Gasteiger partial charge in [-0.3, -0.25) is 9.78 Å². The van der Waals surface area contributed by atoms with Gasteiger partial charge in [0.1, 0.15) is 5.82 Å². The third-order valence-electron chi connectivity index (χ3n) is 5.52. The molecule has 2 aromatic heterocycles. The zero-order valence-electron chi connectivity index (χ0n) is 15.1. The number of nitrogens with one attached hydrogen (secondary N) is 1. The second kappa shape index (κ2) is 7.96. The molecule has 0 aromatic carbocycles. The molecule has 2 aliphatic rings. The van der Waals surface area contributed by atoms with E-state index < -0.39 is 0 Å². The molecule has 0 amide bonds. The Morgan fingerprint density at radius 1 is 1.19 bits per heavy atom. The summed E-state index contributed by atoms with van der Waals surface area (Å²) in [5.41, 5.74) is 1.60. The van der Waals surface area contributed by atoms with Crippen molar-refractivity contribution in [1.82, 2.24) is 19.9 Å². The standard InChI is InChI=1S/C21H26N4O/c26-20-13-19(17-8-10-22-11-9-17)23-21(24-20)18-7-4-12-25(15-18)14-16-5-2-1-3-6-16/h1-2,8-11,13,16,18H,3-7,12,14-15H2,(H,23,24,26). The van der Waals surface area contributed by atoms with E-state index in [1.54, 1.807) is 18.5 Å². The van der Waals surface area contributed by atoms with Gasteiger partial charge in [0.15, 0.2) is 0 Å². The minimum atomic E-state index is -0.0728. The van der Waals surface area contributed by atoms with Crippen LogP contribution in [0, 0.1) is 5.92 Å². The molecule has 1 fully saturated rings. The SMILES string of the molecule is O=c1cc(-c2ccncc2)nc(C2CCCN(CC3CC=CCC3)C2)[nH]1. The monoisotopic (exact) mass is 350 g/mol. The summed E-state index contributed by atoms with van der Waals surface area (Å²) in [5, 5.41) is 0. The topological polar surface area (TPSA) is 61.9 Å². The van der Waals surface area contributed by atoms with Gasteiger partial charge in [-0.05, 0) is 56.7 Å². The van der Waals surface area contributed by atoms with Gasteiger partial charge in [-0.2, -0.15) is 0 Å². The molecule has 2 atom stereocenters. The normalized spacial score (nSPS) is 23.8. The molecule has 1 aliphatic heterocycles. The fourth-order valence-corrected chi connectivity index (χ4v) is 4.17. The van der Waals surface area contributed by atoms with Crippen LogP contribution in [0.1, 0.15) is 43.8 Å². The first-order chi connectivity index (χ1) is 12.8. The van der Waals surface area contributed by atoms with Crippen molar-refractivity contribution in [3.8, 4) is 11.3 Å². The number of rotatable bonds is 4. The maximum absolute atomic E-state index is 12.2. The van der Waals surface area contributed by atoms with Gasteiger partial charge in [0.25, 0.3) is 5.56 Å². The summed E-state index contributed by atoms with van der Waals surface area (Å²) in [6.07, 6.45) is 14.1. The van der Waals surface area contributed by atoms with Crippen LogP contribution in [0.3, 0.4) is 0 Å². The molecule has 1 saturated heterocycles. The molecule has 26 heavy (non-hydrogen) atoms. The number of aromatic nitrogens is 3. The maximum Gasteiger partial charge on any atom is 0.251 e. The van der Waals surface area contributed by atoms with Crippen LogP contribution < -0.4 is 5.56 Å². The van der Waals surface area contributed by atoms with Crippen LogP contribution in [0.5, 0.6) is 0 Å². The van der Waals surface area contributed by atoms with Crippen molar-refractivity contribution >= 4 is 0 Å². The fraction of sp³-hybridized carbons (Fsp3) is 0.476.